The molecule has 0 spiro atoms. The van der Waals surface area contributed by atoms with Crippen LogP contribution in [0.3, 0.4) is 0 Å². The number of carbonyl (C=O) groups is 2. The number of hydrogen-bond acceptors (Lipinski definition) is 5. The molecule has 17 heavy (non-hydrogen) atoms. The van der Waals surface area contributed by atoms with Crippen LogP contribution in [0.5, 0.6) is 0 Å². The molecule has 0 saturated carbocycles. The van der Waals surface area contributed by atoms with Gasteiger partial charge in [-0.15, -0.1) is 0 Å². The zero-order chi connectivity index (χ0) is 12.7. The maximum atomic E-state index is 11.7. The number of ether oxygens (including phenoxy) is 2. The Morgan fingerprint density at radius 3 is 2.82 bits per heavy atom. The third kappa shape index (κ3) is 5.28. The summed E-state index contributed by atoms with van der Waals surface area (Å²) in [7, 11) is 0. The van der Waals surface area contributed by atoms with Crippen LogP contribution in [0, 0.1) is 0 Å². The molecule has 0 aromatic heterocycles. The van der Waals surface area contributed by atoms with E-state index in [-0.39, 0.29) is 30.6 Å². The summed E-state index contributed by atoms with van der Waals surface area (Å²) < 4.78 is 10.1. The van der Waals surface area contributed by atoms with Gasteiger partial charge in [0.1, 0.15) is 5.78 Å². The molecule has 0 radical (unpaired) electrons. The van der Waals surface area contributed by atoms with Gasteiger partial charge in [0, 0.05) is 19.0 Å². The SMILES string of the molecule is CCOC(=O)CCC(=O)CN1CCOCC1C. The van der Waals surface area contributed by atoms with Crippen molar-refractivity contribution in [3.63, 3.8) is 0 Å². The van der Waals surface area contributed by atoms with Crippen molar-refractivity contribution in [3.05, 3.63) is 0 Å². The van der Waals surface area contributed by atoms with Crippen molar-refractivity contribution in [2.45, 2.75) is 32.7 Å². The Morgan fingerprint density at radius 2 is 2.18 bits per heavy atom. The van der Waals surface area contributed by atoms with Crippen LogP contribution in [-0.2, 0) is 19.1 Å². The van der Waals surface area contributed by atoms with Crippen molar-refractivity contribution >= 4 is 11.8 Å². The molecule has 0 aromatic rings. The van der Waals surface area contributed by atoms with Gasteiger partial charge in [0.2, 0.25) is 0 Å². The Bertz CT molecular complexity index is 267. The molecule has 1 atom stereocenters. The Morgan fingerprint density at radius 1 is 1.41 bits per heavy atom. The monoisotopic (exact) mass is 243 g/mol. The first kappa shape index (κ1) is 14.1. The van der Waals surface area contributed by atoms with E-state index in [2.05, 4.69) is 4.90 Å². The van der Waals surface area contributed by atoms with Crippen molar-refractivity contribution in [1.29, 1.82) is 0 Å². The van der Waals surface area contributed by atoms with Crippen molar-refractivity contribution in [1.82, 2.24) is 4.90 Å². The molecule has 1 saturated heterocycles. The van der Waals surface area contributed by atoms with Crippen LogP contribution in [0.15, 0.2) is 0 Å². The first-order valence-corrected chi connectivity index (χ1v) is 6.12. The topological polar surface area (TPSA) is 55.8 Å². The van der Waals surface area contributed by atoms with E-state index in [0.29, 0.717) is 26.4 Å². The van der Waals surface area contributed by atoms with Crippen LogP contribution >= 0.6 is 0 Å². The van der Waals surface area contributed by atoms with Gasteiger partial charge in [0.15, 0.2) is 0 Å². The summed E-state index contributed by atoms with van der Waals surface area (Å²) in [5.41, 5.74) is 0. The molecule has 5 heteroatoms. The number of hydrogen-bond donors (Lipinski definition) is 0. The van der Waals surface area contributed by atoms with E-state index in [0.717, 1.165) is 6.54 Å². The second-order valence-electron chi connectivity index (χ2n) is 4.24. The molecular formula is C12H21NO4. The fraction of sp³-hybridized carbons (Fsp3) is 0.833. The van der Waals surface area contributed by atoms with Crippen molar-refractivity contribution in [2.24, 2.45) is 0 Å². The zero-order valence-electron chi connectivity index (χ0n) is 10.6. The average Bonchev–Trinajstić information content (AvgIpc) is 2.30. The Kier molecular flexibility index (Phi) is 6.15. The summed E-state index contributed by atoms with van der Waals surface area (Å²) in [4.78, 5) is 24.9. The molecule has 0 bridgehead atoms. The number of rotatable bonds is 6. The lowest BCUT2D eigenvalue weighted by Gasteiger charge is -2.32. The molecule has 1 heterocycles. The molecule has 1 fully saturated rings. The second-order valence-corrected chi connectivity index (χ2v) is 4.24. The normalized spacial score (nSPS) is 21.2. The molecule has 0 aromatic carbocycles. The highest BCUT2D eigenvalue weighted by molar-refractivity contribution is 5.84. The van der Waals surface area contributed by atoms with Crippen LogP contribution in [0.4, 0.5) is 0 Å². The van der Waals surface area contributed by atoms with E-state index in [1.807, 2.05) is 6.92 Å². The van der Waals surface area contributed by atoms with Crippen LogP contribution in [-0.4, -0.2) is 55.6 Å². The van der Waals surface area contributed by atoms with Gasteiger partial charge >= 0.3 is 5.97 Å². The Hall–Kier alpha value is -0.940. The van der Waals surface area contributed by atoms with Crippen molar-refractivity contribution in [3.8, 4) is 0 Å². The van der Waals surface area contributed by atoms with Gasteiger partial charge in [0.05, 0.1) is 32.8 Å². The summed E-state index contributed by atoms with van der Waals surface area (Å²) in [6.45, 7) is 6.71. The molecular weight excluding hydrogens is 222 g/mol. The van der Waals surface area contributed by atoms with Crippen molar-refractivity contribution < 1.29 is 19.1 Å². The van der Waals surface area contributed by atoms with Crippen LogP contribution in [0.1, 0.15) is 26.7 Å². The Balaban J connectivity index is 2.22. The third-order valence-electron chi connectivity index (χ3n) is 2.80. The second kappa shape index (κ2) is 7.40. The van der Waals surface area contributed by atoms with Gasteiger partial charge in [-0.05, 0) is 13.8 Å². The quantitative estimate of drug-likeness (QED) is 0.640. The van der Waals surface area contributed by atoms with Crippen LogP contribution in [0.2, 0.25) is 0 Å². The minimum atomic E-state index is -0.295. The number of morpholine rings is 1. The molecule has 0 aliphatic carbocycles. The summed E-state index contributed by atoms with van der Waals surface area (Å²) in [6, 6.07) is 0.273. The smallest absolute Gasteiger partial charge is 0.306 e. The van der Waals surface area contributed by atoms with E-state index in [1.54, 1.807) is 6.92 Å². The predicted molar refractivity (Wildman–Crippen MR) is 62.7 cm³/mol. The highest BCUT2D eigenvalue weighted by Crippen LogP contribution is 2.07. The van der Waals surface area contributed by atoms with Crippen LogP contribution < -0.4 is 0 Å². The maximum Gasteiger partial charge on any atom is 0.306 e. The predicted octanol–water partition coefficient (Wildman–Crippen LogP) is 0.619. The maximum absolute atomic E-state index is 11.7. The third-order valence-corrected chi connectivity index (χ3v) is 2.80. The minimum absolute atomic E-state index is 0.0896. The van der Waals surface area contributed by atoms with E-state index >= 15 is 0 Å². The van der Waals surface area contributed by atoms with Gasteiger partial charge < -0.3 is 9.47 Å². The molecule has 0 N–H and O–H groups in total. The summed E-state index contributed by atoms with van der Waals surface area (Å²) in [6.07, 6.45) is 0.453. The zero-order valence-corrected chi connectivity index (χ0v) is 10.6. The number of nitrogens with zero attached hydrogens (tertiary/aromatic N) is 1. The number of Topliss-reactive ketones (excluding diaryl/α,β-unsaturated/α-hetero) is 1. The average molecular weight is 243 g/mol. The summed E-state index contributed by atoms with van der Waals surface area (Å²) in [5.74, 6) is -0.206. The molecule has 1 aliphatic heterocycles. The lowest BCUT2D eigenvalue weighted by molar-refractivity contribution is -0.144. The van der Waals surface area contributed by atoms with Crippen LogP contribution in [0.25, 0.3) is 0 Å². The fourth-order valence-corrected chi connectivity index (χ4v) is 1.78. The number of carbonyl (C=O) groups excluding carboxylic acids is 2. The van der Waals surface area contributed by atoms with Gasteiger partial charge in [-0.2, -0.15) is 0 Å². The Labute approximate surface area is 102 Å². The molecule has 1 aliphatic rings. The first-order valence-electron chi connectivity index (χ1n) is 6.12. The lowest BCUT2D eigenvalue weighted by atomic mass is 10.2. The van der Waals surface area contributed by atoms with E-state index in [4.69, 9.17) is 9.47 Å². The van der Waals surface area contributed by atoms with Gasteiger partial charge in [-0.25, -0.2) is 0 Å². The standard InChI is InChI=1S/C12H21NO4/c1-3-17-12(15)5-4-11(14)8-13-6-7-16-9-10(13)2/h10H,3-9H2,1-2H3. The van der Waals surface area contributed by atoms with E-state index in [1.165, 1.54) is 0 Å². The number of esters is 1. The summed E-state index contributed by atoms with van der Waals surface area (Å²) >= 11 is 0. The lowest BCUT2D eigenvalue weighted by Crippen LogP contribution is -2.46. The summed E-state index contributed by atoms with van der Waals surface area (Å²) in [5, 5.41) is 0. The molecule has 0 amide bonds. The minimum Gasteiger partial charge on any atom is -0.466 e. The molecule has 5 nitrogen and oxygen atoms in total. The molecule has 1 rings (SSSR count). The van der Waals surface area contributed by atoms with E-state index in [9.17, 15) is 9.59 Å². The number of ketones is 1. The van der Waals surface area contributed by atoms with Crippen molar-refractivity contribution in [2.75, 3.05) is 32.9 Å². The largest absolute Gasteiger partial charge is 0.466 e. The van der Waals surface area contributed by atoms with Gasteiger partial charge in [0.25, 0.3) is 0 Å². The fourth-order valence-electron chi connectivity index (χ4n) is 1.78. The van der Waals surface area contributed by atoms with Gasteiger partial charge in [-0.3, -0.25) is 14.5 Å². The first-order chi connectivity index (χ1) is 8.13. The molecule has 1 unspecified atom stereocenters. The highest BCUT2D eigenvalue weighted by atomic mass is 16.5. The highest BCUT2D eigenvalue weighted by Gasteiger charge is 2.21. The van der Waals surface area contributed by atoms with Gasteiger partial charge in [-0.1, -0.05) is 0 Å². The van der Waals surface area contributed by atoms with E-state index < -0.39 is 0 Å². The molecule has 98 valence electrons.